The van der Waals surface area contributed by atoms with Gasteiger partial charge in [0.25, 0.3) is 0 Å². The summed E-state index contributed by atoms with van der Waals surface area (Å²) in [5.41, 5.74) is 2.46. The zero-order valence-electron chi connectivity index (χ0n) is 12.7. The molecule has 1 saturated heterocycles. The Labute approximate surface area is 138 Å². The molecule has 1 aliphatic carbocycles. The molecular weight excluding hydrogens is 308 g/mol. The van der Waals surface area contributed by atoms with Gasteiger partial charge in [0.1, 0.15) is 0 Å². The fourth-order valence-corrected chi connectivity index (χ4v) is 3.98. The predicted molar refractivity (Wildman–Crippen MR) is 90.1 cm³/mol. The molecule has 1 aromatic heterocycles. The van der Waals surface area contributed by atoms with E-state index in [-0.39, 0.29) is 23.7 Å². The van der Waals surface area contributed by atoms with Gasteiger partial charge in [-0.3, -0.25) is 14.5 Å². The number of imide groups is 1. The van der Waals surface area contributed by atoms with Crippen molar-refractivity contribution in [3.63, 3.8) is 0 Å². The van der Waals surface area contributed by atoms with Gasteiger partial charge in [0, 0.05) is 10.9 Å². The van der Waals surface area contributed by atoms with Crippen molar-refractivity contribution in [2.24, 2.45) is 11.8 Å². The molecule has 2 aliphatic rings. The van der Waals surface area contributed by atoms with Crippen LogP contribution in [0, 0.1) is 18.8 Å². The van der Waals surface area contributed by atoms with Crippen molar-refractivity contribution in [1.29, 1.82) is 0 Å². The minimum absolute atomic E-state index is 0.0732. The molecule has 0 radical (unpaired) electrons. The number of thiazole rings is 1. The lowest BCUT2D eigenvalue weighted by Crippen LogP contribution is -2.30. The average molecular weight is 324 g/mol. The number of anilines is 1. The normalized spacial score (nSPS) is 23.4. The van der Waals surface area contributed by atoms with E-state index in [4.69, 9.17) is 0 Å². The zero-order valence-corrected chi connectivity index (χ0v) is 13.5. The van der Waals surface area contributed by atoms with Crippen molar-refractivity contribution >= 4 is 28.8 Å². The van der Waals surface area contributed by atoms with Gasteiger partial charge in [-0.1, -0.05) is 24.3 Å². The molecule has 0 saturated carbocycles. The number of aromatic nitrogens is 1. The maximum Gasteiger partial charge on any atom is 0.238 e. The summed E-state index contributed by atoms with van der Waals surface area (Å²) in [7, 11) is 0. The minimum Gasteiger partial charge on any atom is -0.274 e. The van der Waals surface area contributed by atoms with Crippen LogP contribution < -0.4 is 4.90 Å². The third-order valence-corrected chi connectivity index (χ3v) is 5.30. The number of amides is 2. The van der Waals surface area contributed by atoms with Crippen LogP contribution in [0.1, 0.15) is 17.8 Å². The van der Waals surface area contributed by atoms with Crippen molar-refractivity contribution in [2.45, 2.75) is 19.8 Å². The Kier molecular flexibility index (Phi) is 3.38. The molecule has 2 aromatic rings. The lowest BCUT2D eigenvalue weighted by molar-refractivity contribution is -0.122. The molecule has 116 valence electrons. The van der Waals surface area contributed by atoms with Crippen LogP contribution in [-0.2, 0) is 9.59 Å². The molecule has 1 aromatic carbocycles. The summed E-state index contributed by atoms with van der Waals surface area (Å²) in [5, 5.41) is 2.99. The predicted octanol–water partition coefficient (Wildman–Crippen LogP) is 3.57. The van der Waals surface area contributed by atoms with Gasteiger partial charge < -0.3 is 0 Å². The highest BCUT2D eigenvalue weighted by atomic mass is 32.1. The fraction of sp³-hybridized carbons (Fsp3) is 0.278. The van der Waals surface area contributed by atoms with E-state index in [0.717, 1.165) is 16.3 Å². The topological polar surface area (TPSA) is 50.3 Å². The molecule has 2 amide bonds. The SMILES string of the molecule is Cc1nc(-c2cccc(N3C(=O)C4CC=CCC4C3=O)c2)cs1. The Balaban J connectivity index is 1.71. The average Bonchev–Trinajstić information content (AvgIpc) is 3.11. The van der Waals surface area contributed by atoms with Gasteiger partial charge in [-0.25, -0.2) is 4.98 Å². The van der Waals surface area contributed by atoms with Gasteiger partial charge in [-0.05, 0) is 31.9 Å². The molecule has 5 heteroatoms. The van der Waals surface area contributed by atoms with Gasteiger partial charge in [0.2, 0.25) is 11.8 Å². The van der Waals surface area contributed by atoms with Crippen molar-refractivity contribution < 1.29 is 9.59 Å². The highest BCUT2D eigenvalue weighted by molar-refractivity contribution is 7.09. The van der Waals surface area contributed by atoms with Crippen molar-refractivity contribution in [3.8, 4) is 11.3 Å². The molecule has 0 N–H and O–H groups in total. The molecule has 2 unspecified atom stereocenters. The van der Waals surface area contributed by atoms with Crippen LogP contribution in [0.5, 0.6) is 0 Å². The van der Waals surface area contributed by atoms with Crippen LogP contribution in [0.25, 0.3) is 11.3 Å². The summed E-state index contributed by atoms with van der Waals surface area (Å²) in [5.74, 6) is -0.540. The molecule has 4 rings (SSSR count). The zero-order chi connectivity index (χ0) is 16.0. The third-order valence-electron chi connectivity index (χ3n) is 4.53. The van der Waals surface area contributed by atoms with Crippen LogP contribution in [0.3, 0.4) is 0 Å². The van der Waals surface area contributed by atoms with E-state index in [2.05, 4.69) is 4.98 Å². The van der Waals surface area contributed by atoms with E-state index in [9.17, 15) is 9.59 Å². The van der Waals surface area contributed by atoms with Crippen molar-refractivity contribution in [1.82, 2.24) is 4.98 Å². The Bertz CT molecular complexity index is 798. The van der Waals surface area contributed by atoms with Gasteiger partial charge in [0.05, 0.1) is 28.2 Å². The maximum atomic E-state index is 12.7. The molecule has 1 fully saturated rings. The number of hydrogen-bond acceptors (Lipinski definition) is 4. The second-order valence-electron chi connectivity index (χ2n) is 5.97. The fourth-order valence-electron chi connectivity index (χ4n) is 3.36. The van der Waals surface area contributed by atoms with Crippen LogP contribution in [-0.4, -0.2) is 16.8 Å². The first-order valence-electron chi connectivity index (χ1n) is 7.70. The number of nitrogens with zero attached hydrogens (tertiary/aromatic N) is 2. The summed E-state index contributed by atoms with van der Waals surface area (Å²) in [6, 6.07) is 7.54. The van der Waals surface area contributed by atoms with Crippen LogP contribution in [0.2, 0.25) is 0 Å². The van der Waals surface area contributed by atoms with E-state index >= 15 is 0 Å². The third kappa shape index (κ3) is 2.32. The number of rotatable bonds is 2. The van der Waals surface area contributed by atoms with Crippen molar-refractivity contribution in [3.05, 3.63) is 46.8 Å². The Morgan fingerprint density at radius 3 is 2.43 bits per heavy atom. The minimum atomic E-state index is -0.197. The van der Waals surface area contributed by atoms with E-state index < -0.39 is 0 Å². The van der Waals surface area contributed by atoms with Crippen LogP contribution in [0.4, 0.5) is 5.69 Å². The Morgan fingerprint density at radius 2 is 1.83 bits per heavy atom. The molecule has 4 nitrogen and oxygen atoms in total. The number of carbonyl (C=O) groups is 2. The largest absolute Gasteiger partial charge is 0.274 e. The Morgan fingerprint density at radius 1 is 1.13 bits per heavy atom. The molecule has 0 bridgehead atoms. The second-order valence-corrected chi connectivity index (χ2v) is 7.03. The lowest BCUT2D eigenvalue weighted by Gasteiger charge is -2.15. The van der Waals surface area contributed by atoms with E-state index in [1.165, 1.54) is 4.90 Å². The highest BCUT2D eigenvalue weighted by Gasteiger charge is 2.47. The number of allylic oxidation sites excluding steroid dienone is 2. The molecule has 1 aliphatic heterocycles. The highest BCUT2D eigenvalue weighted by Crippen LogP contribution is 2.38. The van der Waals surface area contributed by atoms with Crippen LogP contribution >= 0.6 is 11.3 Å². The second kappa shape index (κ2) is 5.42. The number of carbonyl (C=O) groups excluding carboxylic acids is 2. The summed E-state index contributed by atoms with van der Waals surface area (Å²) >= 11 is 1.59. The number of fused-ring (bicyclic) bond motifs is 1. The summed E-state index contributed by atoms with van der Waals surface area (Å²) in [4.78, 5) is 31.2. The molecule has 2 heterocycles. The first-order valence-corrected chi connectivity index (χ1v) is 8.58. The van der Waals surface area contributed by atoms with Crippen molar-refractivity contribution in [2.75, 3.05) is 4.90 Å². The van der Waals surface area contributed by atoms with Gasteiger partial charge in [0.15, 0.2) is 0 Å². The number of benzene rings is 1. The molecule has 2 atom stereocenters. The first-order chi connectivity index (χ1) is 11.1. The summed E-state index contributed by atoms with van der Waals surface area (Å²) in [6.45, 7) is 1.96. The van der Waals surface area contributed by atoms with E-state index in [0.29, 0.717) is 18.5 Å². The van der Waals surface area contributed by atoms with Gasteiger partial charge in [-0.15, -0.1) is 11.3 Å². The standard InChI is InChI=1S/C18H16N2O2S/c1-11-19-16(10-23-11)12-5-4-6-13(9-12)20-17(21)14-7-2-3-8-15(14)18(20)22/h2-6,9-10,14-15H,7-8H2,1H3. The van der Waals surface area contributed by atoms with Gasteiger partial charge in [-0.2, -0.15) is 0 Å². The number of hydrogen-bond donors (Lipinski definition) is 0. The number of aryl methyl sites for hydroxylation is 1. The van der Waals surface area contributed by atoms with E-state index in [1.54, 1.807) is 11.3 Å². The quantitative estimate of drug-likeness (QED) is 0.627. The molecular formula is C18H16N2O2S. The summed E-state index contributed by atoms with van der Waals surface area (Å²) in [6.07, 6.45) is 5.34. The summed E-state index contributed by atoms with van der Waals surface area (Å²) < 4.78 is 0. The molecule has 0 spiro atoms. The molecule has 23 heavy (non-hydrogen) atoms. The monoisotopic (exact) mass is 324 g/mol. The van der Waals surface area contributed by atoms with Gasteiger partial charge >= 0.3 is 0 Å². The first kappa shape index (κ1) is 14.3. The van der Waals surface area contributed by atoms with E-state index in [1.807, 2.05) is 48.7 Å². The maximum absolute atomic E-state index is 12.7. The van der Waals surface area contributed by atoms with Crippen LogP contribution in [0.15, 0.2) is 41.8 Å². The lowest BCUT2D eigenvalue weighted by atomic mass is 9.85. The Hall–Kier alpha value is -2.27. The smallest absolute Gasteiger partial charge is 0.238 e.